The van der Waals surface area contributed by atoms with Crippen LogP contribution in [0.5, 0.6) is 0 Å². The highest BCUT2D eigenvalue weighted by molar-refractivity contribution is 5.79. The van der Waals surface area contributed by atoms with Crippen molar-refractivity contribution < 1.29 is 13.9 Å². The first-order valence-corrected chi connectivity index (χ1v) is 9.65. The minimum absolute atomic E-state index is 0.0687. The Morgan fingerprint density at radius 1 is 1.29 bits per heavy atom. The molecule has 0 aliphatic rings. The molecule has 1 amide bonds. The number of ether oxygens (including phenoxy) is 1. The van der Waals surface area contributed by atoms with Gasteiger partial charge < -0.3 is 24.7 Å². The number of hydrogen-bond acceptors (Lipinski definition) is 5. The zero-order valence-corrected chi connectivity index (χ0v) is 18.8. The molecule has 1 aromatic rings. The summed E-state index contributed by atoms with van der Waals surface area (Å²) in [5.41, 5.74) is -0.563. The Balaban J connectivity index is 2.43. The van der Waals surface area contributed by atoms with Gasteiger partial charge in [0, 0.05) is 32.6 Å². The molecule has 1 rings (SSSR count). The fraction of sp³-hybridized carbons (Fsp3) is 0.750. The number of guanidine groups is 1. The minimum Gasteiger partial charge on any atom is -0.444 e. The Bertz CT molecular complexity index is 656. The topological polar surface area (TPSA) is 92.0 Å². The number of nitrogens with zero attached hydrogens (tertiary/aromatic N) is 3. The molecule has 0 aliphatic carbocycles. The van der Waals surface area contributed by atoms with E-state index >= 15 is 0 Å². The lowest BCUT2D eigenvalue weighted by molar-refractivity contribution is 0.0278. The molecule has 0 aromatic carbocycles. The summed E-state index contributed by atoms with van der Waals surface area (Å²) >= 11 is 0. The van der Waals surface area contributed by atoms with E-state index < -0.39 is 5.60 Å². The van der Waals surface area contributed by atoms with Crippen molar-refractivity contribution in [3.05, 3.63) is 17.8 Å². The summed E-state index contributed by atoms with van der Waals surface area (Å²) in [5.74, 6) is 2.34. The summed E-state index contributed by atoms with van der Waals surface area (Å²) in [6, 6.07) is 0. The van der Waals surface area contributed by atoms with Crippen LogP contribution in [0.25, 0.3) is 0 Å². The number of carbonyl (C=O) groups excluding carboxylic acids is 1. The van der Waals surface area contributed by atoms with E-state index in [2.05, 4.69) is 48.3 Å². The van der Waals surface area contributed by atoms with Gasteiger partial charge in [-0.15, -0.1) is 0 Å². The number of oxazole rings is 1. The summed E-state index contributed by atoms with van der Waals surface area (Å²) in [7, 11) is 3.45. The van der Waals surface area contributed by atoms with Crippen molar-refractivity contribution in [1.29, 1.82) is 0 Å². The number of amides is 1. The molecular formula is C20H37N5O3. The summed E-state index contributed by atoms with van der Waals surface area (Å²) in [4.78, 5) is 22.2. The molecule has 1 heterocycles. The zero-order valence-electron chi connectivity index (χ0n) is 18.8. The van der Waals surface area contributed by atoms with Gasteiger partial charge in [0.2, 0.25) is 5.89 Å². The summed E-state index contributed by atoms with van der Waals surface area (Å²) in [6.07, 6.45) is 1.45. The monoisotopic (exact) mass is 395 g/mol. The van der Waals surface area contributed by atoms with Crippen molar-refractivity contribution in [3.63, 3.8) is 0 Å². The van der Waals surface area contributed by atoms with E-state index in [9.17, 15) is 4.79 Å². The molecule has 8 heteroatoms. The van der Waals surface area contributed by atoms with Crippen molar-refractivity contribution >= 4 is 12.1 Å². The van der Waals surface area contributed by atoms with Gasteiger partial charge in [-0.05, 0) is 26.7 Å². The van der Waals surface area contributed by atoms with Gasteiger partial charge in [0.15, 0.2) is 5.96 Å². The lowest BCUT2D eigenvalue weighted by Gasteiger charge is -2.26. The van der Waals surface area contributed by atoms with Crippen molar-refractivity contribution in [2.24, 2.45) is 10.9 Å². The van der Waals surface area contributed by atoms with Crippen molar-refractivity contribution in [3.8, 4) is 0 Å². The number of rotatable bonds is 6. The van der Waals surface area contributed by atoms with Gasteiger partial charge in [-0.1, -0.05) is 27.7 Å². The maximum absolute atomic E-state index is 12.1. The molecule has 0 saturated carbocycles. The molecule has 0 radical (unpaired) electrons. The highest BCUT2D eigenvalue weighted by Gasteiger charge is 2.21. The number of carbonyl (C=O) groups is 1. The Morgan fingerprint density at radius 2 is 1.93 bits per heavy atom. The smallest absolute Gasteiger partial charge is 0.410 e. The molecule has 0 aliphatic heterocycles. The summed E-state index contributed by atoms with van der Waals surface area (Å²) < 4.78 is 11.1. The van der Waals surface area contributed by atoms with Gasteiger partial charge in [0.05, 0.1) is 12.7 Å². The largest absolute Gasteiger partial charge is 0.444 e. The molecule has 2 N–H and O–H groups in total. The molecule has 1 unspecified atom stereocenters. The molecule has 0 fully saturated rings. The van der Waals surface area contributed by atoms with Crippen LogP contribution in [0.2, 0.25) is 0 Å². The third-order valence-corrected chi connectivity index (χ3v) is 3.83. The van der Waals surface area contributed by atoms with E-state index in [0.717, 1.165) is 5.76 Å². The lowest BCUT2D eigenvalue weighted by Crippen LogP contribution is -2.42. The molecule has 0 saturated heterocycles. The van der Waals surface area contributed by atoms with Gasteiger partial charge in [0.25, 0.3) is 0 Å². The molecule has 1 aromatic heterocycles. The minimum atomic E-state index is -0.495. The van der Waals surface area contributed by atoms with Gasteiger partial charge in [-0.3, -0.25) is 4.99 Å². The fourth-order valence-electron chi connectivity index (χ4n) is 2.34. The Hall–Kier alpha value is -2.25. The predicted molar refractivity (Wildman–Crippen MR) is 111 cm³/mol. The van der Waals surface area contributed by atoms with E-state index in [0.29, 0.717) is 31.5 Å². The van der Waals surface area contributed by atoms with Gasteiger partial charge >= 0.3 is 6.09 Å². The first-order valence-electron chi connectivity index (χ1n) is 9.65. The first kappa shape index (κ1) is 23.8. The van der Waals surface area contributed by atoms with Crippen LogP contribution in [0.15, 0.2) is 15.6 Å². The molecule has 0 spiro atoms. The van der Waals surface area contributed by atoms with Gasteiger partial charge in [-0.25, -0.2) is 9.78 Å². The van der Waals surface area contributed by atoms with Crippen LogP contribution < -0.4 is 10.6 Å². The third kappa shape index (κ3) is 8.63. The van der Waals surface area contributed by atoms with Gasteiger partial charge in [-0.2, -0.15) is 0 Å². The quantitative estimate of drug-likeness (QED) is 0.568. The Kier molecular flexibility index (Phi) is 8.32. The van der Waals surface area contributed by atoms with E-state index in [1.54, 1.807) is 25.2 Å². The van der Waals surface area contributed by atoms with E-state index in [-0.39, 0.29) is 17.4 Å². The number of nitrogens with one attached hydrogen (secondary N) is 2. The molecule has 8 nitrogen and oxygen atoms in total. The normalized spacial score (nSPS) is 13.8. The molecule has 160 valence electrons. The van der Waals surface area contributed by atoms with Crippen LogP contribution in [-0.2, 0) is 16.7 Å². The van der Waals surface area contributed by atoms with Crippen LogP contribution >= 0.6 is 0 Å². The van der Waals surface area contributed by atoms with Crippen molar-refractivity contribution in [1.82, 2.24) is 20.5 Å². The predicted octanol–water partition coefficient (Wildman–Crippen LogP) is 3.14. The second kappa shape index (κ2) is 9.80. The third-order valence-electron chi connectivity index (χ3n) is 3.83. The van der Waals surface area contributed by atoms with E-state index in [1.807, 2.05) is 20.8 Å². The molecule has 1 atom stereocenters. The standard InChI is InChI=1S/C20H37N5O3/c1-14(13-25(9)18(26)28-20(5,6)7)10-23-17(21-8)24-12-16-22-11-15(27-16)19(2,3)4/h11,14H,10,12-13H2,1-9H3,(H2,21,23,24). The number of hydrogen-bond donors (Lipinski definition) is 2. The second-order valence-electron chi connectivity index (χ2n) is 9.14. The molecule has 28 heavy (non-hydrogen) atoms. The SMILES string of the molecule is CN=C(NCc1ncc(C(C)(C)C)o1)NCC(C)CN(C)C(=O)OC(C)(C)C. The first-order chi connectivity index (χ1) is 12.8. The zero-order chi connectivity index (χ0) is 21.5. The highest BCUT2D eigenvalue weighted by atomic mass is 16.6. The van der Waals surface area contributed by atoms with Crippen LogP contribution in [0.1, 0.15) is 60.1 Å². The van der Waals surface area contributed by atoms with Crippen molar-refractivity contribution in [2.45, 2.75) is 66.0 Å². The molecule has 0 bridgehead atoms. The van der Waals surface area contributed by atoms with Crippen LogP contribution in [0.3, 0.4) is 0 Å². The number of aliphatic imine (C=N–C) groups is 1. The lowest BCUT2D eigenvalue weighted by atomic mass is 9.94. The van der Waals surface area contributed by atoms with Crippen LogP contribution in [-0.4, -0.2) is 54.7 Å². The fourth-order valence-corrected chi connectivity index (χ4v) is 2.34. The Morgan fingerprint density at radius 3 is 2.43 bits per heavy atom. The average molecular weight is 396 g/mol. The summed E-state index contributed by atoms with van der Waals surface area (Å²) in [5, 5.41) is 6.45. The van der Waals surface area contributed by atoms with E-state index in [1.165, 1.54) is 0 Å². The second-order valence-corrected chi connectivity index (χ2v) is 9.14. The van der Waals surface area contributed by atoms with Crippen LogP contribution in [0.4, 0.5) is 4.79 Å². The average Bonchev–Trinajstić information content (AvgIpc) is 3.02. The molecular weight excluding hydrogens is 358 g/mol. The van der Waals surface area contributed by atoms with Crippen LogP contribution in [0, 0.1) is 5.92 Å². The van der Waals surface area contributed by atoms with E-state index in [4.69, 9.17) is 9.15 Å². The van der Waals surface area contributed by atoms with Gasteiger partial charge in [0.1, 0.15) is 11.4 Å². The summed E-state index contributed by atoms with van der Waals surface area (Å²) in [6.45, 7) is 15.6. The number of aromatic nitrogens is 1. The highest BCUT2D eigenvalue weighted by Crippen LogP contribution is 2.22. The Labute approximate surface area is 169 Å². The van der Waals surface area contributed by atoms with Crippen molar-refractivity contribution in [2.75, 3.05) is 27.2 Å². The maximum atomic E-state index is 12.1. The maximum Gasteiger partial charge on any atom is 0.410 e.